The van der Waals surface area contributed by atoms with Gasteiger partial charge in [0, 0.05) is 6.54 Å². The molecule has 1 rings (SSSR count). The molecule has 56 valence electrons. The summed E-state index contributed by atoms with van der Waals surface area (Å²) in [6, 6.07) is 0. The highest BCUT2D eigenvalue weighted by molar-refractivity contribution is 6.28. The van der Waals surface area contributed by atoms with Gasteiger partial charge < -0.3 is 4.57 Å². The van der Waals surface area contributed by atoms with Gasteiger partial charge in [-0.3, -0.25) is 0 Å². The molecule has 0 fully saturated rings. The lowest BCUT2D eigenvalue weighted by atomic mass is 10.5. The maximum atomic E-state index is 5.71. The molecule has 0 radical (unpaired) electrons. The summed E-state index contributed by atoms with van der Waals surface area (Å²) < 4.78 is 1.89. The van der Waals surface area contributed by atoms with Gasteiger partial charge in [-0.2, -0.15) is 0 Å². The maximum Gasteiger partial charge on any atom is 0.225 e. The minimum atomic E-state index is 0.486. The molecule has 3 nitrogen and oxygen atoms in total. The van der Waals surface area contributed by atoms with Gasteiger partial charge >= 0.3 is 0 Å². The predicted octanol–water partition coefficient (Wildman–Crippen LogP) is 1.65. The van der Waals surface area contributed by atoms with Gasteiger partial charge in [-0.15, -0.1) is 10.2 Å². The molecule has 0 saturated carbocycles. The minimum Gasteiger partial charge on any atom is -0.302 e. The van der Waals surface area contributed by atoms with Crippen LogP contribution in [0.15, 0.2) is 0 Å². The fourth-order valence-corrected chi connectivity index (χ4v) is 1.08. The maximum absolute atomic E-state index is 5.71. The molecule has 0 aliphatic heterocycles. The zero-order valence-corrected chi connectivity index (χ0v) is 6.89. The molecule has 4 heteroatoms. The molecule has 0 bridgehead atoms. The molecule has 0 aromatic carbocycles. The van der Waals surface area contributed by atoms with Gasteiger partial charge in [0.25, 0.3) is 0 Å². The summed E-state index contributed by atoms with van der Waals surface area (Å²) in [7, 11) is 0. The average Bonchev–Trinajstić information content (AvgIpc) is 2.20. The monoisotopic (exact) mass is 159 g/mol. The average molecular weight is 160 g/mol. The van der Waals surface area contributed by atoms with Crippen molar-refractivity contribution in [1.82, 2.24) is 14.8 Å². The Balaban J connectivity index is 2.87. The highest BCUT2D eigenvalue weighted by Gasteiger charge is 2.02. The molecule has 0 aliphatic rings. The third kappa shape index (κ3) is 1.29. The number of hydrogen-bond acceptors (Lipinski definition) is 2. The summed E-state index contributed by atoms with van der Waals surface area (Å²) >= 11 is 5.71. The second-order valence-corrected chi connectivity index (χ2v) is 2.51. The summed E-state index contributed by atoms with van der Waals surface area (Å²) in [4.78, 5) is 0. The fourth-order valence-electron chi connectivity index (χ4n) is 0.833. The van der Waals surface area contributed by atoms with Gasteiger partial charge in [0.05, 0.1) is 0 Å². The highest BCUT2D eigenvalue weighted by atomic mass is 35.5. The van der Waals surface area contributed by atoms with E-state index in [4.69, 9.17) is 11.6 Å². The number of nitrogens with zero attached hydrogens (tertiary/aromatic N) is 3. The molecule has 0 aliphatic carbocycles. The summed E-state index contributed by atoms with van der Waals surface area (Å²) in [5.41, 5.74) is 0. The van der Waals surface area contributed by atoms with Crippen LogP contribution >= 0.6 is 11.6 Å². The molecule has 1 aromatic rings. The largest absolute Gasteiger partial charge is 0.302 e. The lowest BCUT2D eigenvalue weighted by Crippen LogP contribution is -1.98. The van der Waals surface area contributed by atoms with Crippen LogP contribution in [0.25, 0.3) is 0 Å². The number of hydrogen-bond donors (Lipinski definition) is 0. The number of rotatable bonds is 2. The Kier molecular flexibility index (Phi) is 2.27. The molecule has 1 heterocycles. The quantitative estimate of drug-likeness (QED) is 0.657. The Labute approximate surface area is 65.0 Å². The van der Waals surface area contributed by atoms with Crippen molar-refractivity contribution in [3.8, 4) is 0 Å². The van der Waals surface area contributed by atoms with Crippen LogP contribution in [0.5, 0.6) is 0 Å². The van der Waals surface area contributed by atoms with Crippen LogP contribution in [0.4, 0.5) is 0 Å². The molecular formula is C6H10ClN3. The molecule has 0 saturated heterocycles. The zero-order chi connectivity index (χ0) is 7.56. The molecular weight excluding hydrogens is 150 g/mol. The lowest BCUT2D eigenvalue weighted by Gasteiger charge is -1.99. The summed E-state index contributed by atoms with van der Waals surface area (Å²) in [6.45, 7) is 4.89. The molecule has 0 atom stereocenters. The smallest absolute Gasteiger partial charge is 0.225 e. The van der Waals surface area contributed by atoms with E-state index in [1.165, 1.54) is 0 Å². The first-order chi connectivity index (χ1) is 4.75. The van der Waals surface area contributed by atoms with Crippen molar-refractivity contribution in [3.63, 3.8) is 0 Å². The first-order valence-electron chi connectivity index (χ1n) is 3.31. The van der Waals surface area contributed by atoms with Crippen molar-refractivity contribution in [2.75, 3.05) is 0 Å². The standard InChI is InChI=1S/C6H10ClN3/c1-3-4-10-5(2)8-9-6(10)7/h3-4H2,1-2H3. The normalized spacial score (nSPS) is 10.3. The highest BCUT2D eigenvalue weighted by Crippen LogP contribution is 2.07. The Bertz CT molecular complexity index is 199. The summed E-state index contributed by atoms with van der Waals surface area (Å²) in [5.74, 6) is 0.881. The van der Waals surface area contributed by atoms with Crippen LogP contribution in [-0.4, -0.2) is 14.8 Å². The molecule has 0 spiro atoms. The van der Waals surface area contributed by atoms with E-state index in [2.05, 4.69) is 17.1 Å². The van der Waals surface area contributed by atoms with Gasteiger partial charge in [0.15, 0.2) is 0 Å². The van der Waals surface area contributed by atoms with Crippen LogP contribution < -0.4 is 0 Å². The van der Waals surface area contributed by atoms with E-state index in [1.807, 2.05) is 11.5 Å². The number of halogens is 1. The van der Waals surface area contributed by atoms with Gasteiger partial charge in [0.1, 0.15) is 5.82 Å². The van der Waals surface area contributed by atoms with Crippen LogP contribution in [0.1, 0.15) is 19.2 Å². The molecule has 0 unspecified atom stereocenters. The Morgan fingerprint density at radius 3 is 2.60 bits per heavy atom. The van der Waals surface area contributed by atoms with Crippen molar-refractivity contribution >= 4 is 11.6 Å². The summed E-state index contributed by atoms with van der Waals surface area (Å²) in [6.07, 6.45) is 1.05. The van der Waals surface area contributed by atoms with E-state index in [0.29, 0.717) is 5.28 Å². The van der Waals surface area contributed by atoms with Crippen molar-refractivity contribution in [2.45, 2.75) is 26.8 Å². The second-order valence-electron chi connectivity index (χ2n) is 2.17. The van der Waals surface area contributed by atoms with E-state index in [1.54, 1.807) is 0 Å². The fraction of sp³-hybridized carbons (Fsp3) is 0.667. The zero-order valence-electron chi connectivity index (χ0n) is 6.13. The van der Waals surface area contributed by atoms with Crippen LogP contribution in [0, 0.1) is 6.92 Å². The Hall–Kier alpha value is -0.570. The first kappa shape index (κ1) is 7.54. The van der Waals surface area contributed by atoms with Crippen molar-refractivity contribution in [2.24, 2.45) is 0 Å². The van der Waals surface area contributed by atoms with Gasteiger partial charge in [-0.25, -0.2) is 0 Å². The van der Waals surface area contributed by atoms with E-state index in [-0.39, 0.29) is 0 Å². The van der Waals surface area contributed by atoms with Gasteiger partial charge in [-0.1, -0.05) is 6.92 Å². The molecule has 0 N–H and O–H groups in total. The van der Waals surface area contributed by atoms with E-state index < -0.39 is 0 Å². The van der Waals surface area contributed by atoms with Crippen molar-refractivity contribution in [1.29, 1.82) is 0 Å². The Morgan fingerprint density at radius 1 is 1.50 bits per heavy atom. The molecule has 10 heavy (non-hydrogen) atoms. The van der Waals surface area contributed by atoms with Crippen LogP contribution in [-0.2, 0) is 6.54 Å². The minimum absolute atomic E-state index is 0.486. The van der Waals surface area contributed by atoms with E-state index >= 15 is 0 Å². The topological polar surface area (TPSA) is 30.7 Å². The Morgan fingerprint density at radius 2 is 2.20 bits per heavy atom. The third-order valence-corrected chi connectivity index (χ3v) is 1.62. The SMILES string of the molecule is CCCn1c(C)nnc1Cl. The number of aromatic nitrogens is 3. The van der Waals surface area contributed by atoms with Crippen LogP contribution in [0.3, 0.4) is 0 Å². The van der Waals surface area contributed by atoms with E-state index in [9.17, 15) is 0 Å². The lowest BCUT2D eigenvalue weighted by molar-refractivity contribution is 0.657. The van der Waals surface area contributed by atoms with E-state index in [0.717, 1.165) is 18.8 Å². The summed E-state index contributed by atoms with van der Waals surface area (Å²) in [5, 5.41) is 8.01. The predicted molar refractivity (Wildman–Crippen MR) is 40.1 cm³/mol. The van der Waals surface area contributed by atoms with Crippen molar-refractivity contribution in [3.05, 3.63) is 11.1 Å². The van der Waals surface area contributed by atoms with Crippen LogP contribution in [0.2, 0.25) is 5.28 Å². The van der Waals surface area contributed by atoms with Crippen molar-refractivity contribution < 1.29 is 0 Å². The third-order valence-electron chi connectivity index (χ3n) is 1.34. The van der Waals surface area contributed by atoms with Gasteiger partial charge in [-0.05, 0) is 24.9 Å². The molecule has 1 aromatic heterocycles. The number of aryl methyl sites for hydroxylation is 1. The van der Waals surface area contributed by atoms with Gasteiger partial charge in [0.2, 0.25) is 5.28 Å². The second kappa shape index (κ2) is 3.01. The molecule has 0 amide bonds. The first-order valence-corrected chi connectivity index (χ1v) is 3.68.